The van der Waals surface area contributed by atoms with E-state index in [0.717, 1.165) is 22.1 Å². The maximum absolute atomic E-state index is 15.2. The molecule has 9 nitrogen and oxygen atoms in total. The monoisotopic (exact) mass is 552 g/mol. The predicted molar refractivity (Wildman–Crippen MR) is 147 cm³/mol. The van der Waals surface area contributed by atoms with Crippen LogP contribution in [0.1, 0.15) is 43.0 Å². The molecule has 0 radical (unpaired) electrons. The van der Waals surface area contributed by atoms with E-state index in [-0.39, 0.29) is 35.0 Å². The Morgan fingerprint density at radius 1 is 1.02 bits per heavy atom. The van der Waals surface area contributed by atoms with Gasteiger partial charge in [0.2, 0.25) is 17.7 Å². The molecule has 3 atom stereocenters. The highest BCUT2D eigenvalue weighted by atomic mass is 19.1. The Labute approximate surface area is 234 Å². The van der Waals surface area contributed by atoms with Crippen molar-refractivity contribution in [3.8, 4) is 5.75 Å². The normalized spacial score (nSPS) is 19.8. The number of carbonyl (C=O) groups is 4. The molecule has 2 aromatic rings. The molecule has 1 aliphatic carbocycles. The van der Waals surface area contributed by atoms with Crippen LogP contribution in [0.3, 0.4) is 0 Å². The van der Waals surface area contributed by atoms with Crippen molar-refractivity contribution in [3.05, 3.63) is 65.0 Å². The molecule has 1 N–H and O–H groups in total. The molecule has 1 aliphatic heterocycles. The lowest BCUT2D eigenvalue weighted by molar-refractivity contribution is -0.159. The number of hydrogen-bond acceptors (Lipinski definition) is 5. The maximum atomic E-state index is 15.2. The van der Waals surface area contributed by atoms with E-state index in [0.29, 0.717) is 19.3 Å². The smallest absolute Gasteiger partial charge is 0.407 e. The summed E-state index contributed by atoms with van der Waals surface area (Å²) in [5.74, 6) is -2.46. The van der Waals surface area contributed by atoms with Crippen molar-refractivity contribution in [3.63, 3.8) is 0 Å². The minimum Gasteiger partial charge on any atom is -0.407 e. The number of nitrogens with one attached hydrogen (secondary N) is 1. The second-order valence-electron chi connectivity index (χ2n) is 11.4. The van der Waals surface area contributed by atoms with Gasteiger partial charge in [0.1, 0.15) is 18.1 Å². The molecule has 0 unspecified atom stereocenters. The van der Waals surface area contributed by atoms with Crippen LogP contribution < -0.4 is 10.1 Å². The van der Waals surface area contributed by atoms with Crippen LogP contribution in [0.4, 0.5) is 9.18 Å². The van der Waals surface area contributed by atoms with Gasteiger partial charge in [-0.05, 0) is 59.9 Å². The topological polar surface area (TPSA) is 99.3 Å². The first kappa shape index (κ1) is 29.0. The summed E-state index contributed by atoms with van der Waals surface area (Å²) in [6.07, 6.45) is 0.825. The van der Waals surface area contributed by atoms with Crippen LogP contribution in [0, 0.1) is 17.7 Å². The molecule has 4 rings (SSSR count). The maximum Gasteiger partial charge on any atom is 0.414 e. The SMILES string of the molecule is CC(C)C[C@@H]1C(=O)N[C@H](C2Cc3ccccc3C2)C(=O)N1[C@@H](C(=O)N(C)C)c1ccc(OC(=O)N(C)C)c(F)c1. The lowest BCUT2D eigenvalue weighted by atomic mass is 9.88. The van der Waals surface area contributed by atoms with Crippen LogP contribution in [0.5, 0.6) is 5.75 Å². The highest BCUT2D eigenvalue weighted by molar-refractivity contribution is 6.00. The number of fused-ring (bicyclic) bond motifs is 1. The van der Waals surface area contributed by atoms with Gasteiger partial charge in [0.25, 0.3) is 0 Å². The Balaban J connectivity index is 1.75. The van der Waals surface area contributed by atoms with Crippen molar-refractivity contribution in [2.45, 2.75) is 51.2 Å². The molecular weight excluding hydrogens is 515 g/mol. The summed E-state index contributed by atoms with van der Waals surface area (Å²) in [6.45, 7) is 3.87. The number of ether oxygens (including phenoxy) is 1. The summed E-state index contributed by atoms with van der Waals surface area (Å²) in [5, 5.41) is 2.96. The zero-order chi connectivity index (χ0) is 29.3. The summed E-state index contributed by atoms with van der Waals surface area (Å²) in [7, 11) is 6.05. The van der Waals surface area contributed by atoms with E-state index in [1.807, 2.05) is 38.1 Å². The van der Waals surface area contributed by atoms with E-state index in [1.165, 1.54) is 36.0 Å². The fraction of sp³-hybridized carbons (Fsp3) is 0.467. The number of likely N-dealkylation sites (N-methyl/N-ethyl adjacent to an activating group) is 1. The van der Waals surface area contributed by atoms with E-state index >= 15 is 4.39 Å². The number of halogens is 1. The van der Waals surface area contributed by atoms with Crippen LogP contribution in [0.2, 0.25) is 0 Å². The fourth-order valence-electron chi connectivity index (χ4n) is 5.50. The minimum absolute atomic E-state index is 0.0398. The number of rotatable bonds is 7. The van der Waals surface area contributed by atoms with E-state index in [9.17, 15) is 19.2 Å². The molecule has 4 amide bonds. The van der Waals surface area contributed by atoms with Gasteiger partial charge in [-0.2, -0.15) is 0 Å². The molecule has 0 bridgehead atoms. The first-order valence-electron chi connectivity index (χ1n) is 13.5. The summed E-state index contributed by atoms with van der Waals surface area (Å²) >= 11 is 0. The lowest BCUT2D eigenvalue weighted by Gasteiger charge is -2.45. The molecule has 0 spiro atoms. The second-order valence-corrected chi connectivity index (χ2v) is 11.4. The summed E-state index contributed by atoms with van der Waals surface area (Å²) < 4.78 is 20.3. The third-order valence-electron chi connectivity index (χ3n) is 7.49. The lowest BCUT2D eigenvalue weighted by Crippen LogP contribution is -2.67. The van der Waals surface area contributed by atoms with Crippen molar-refractivity contribution in [2.75, 3.05) is 28.2 Å². The van der Waals surface area contributed by atoms with Crippen molar-refractivity contribution in [1.82, 2.24) is 20.0 Å². The molecule has 2 aromatic carbocycles. The number of amides is 4. The molecule has 1 heterocycles. The molecule has 0 aromatic heterocycles. The van der Waals surface area contributed by atoms with Gasteiger partial charge in [-0.25, -0.2) is 9.18 Å². The highest BCUT2D eigenvalue weighted by Crippen LogP contribution is 2.36. The van der Waals surface area contributed by atoms with Gasteiger partial charge in [-0.15, -0.1) is 0 Å². The highest BCUT2D eigenvalue weighted by Gasteiger charge is 2.49. The van der Waals surface area contributed by atoms with Crippen molar-refractivity contribution in [2.24, 2.45) is 11.8 Å². The molecule has 0 saturated carbocycles. The number of carbonyl (C=O) groups excluding carboxylic acids is 4. The van der Waals surface area contributed by atoms with Crippen LogP contribution in [-0.2, 0) is 27.2 Å². The summed E-state index contributed by atoms with van der Waals surface area (Å²) in [6, 6.07) is 8.76. The predicted octanol–water partition coefficient (Wildman–Crippen LogP) is 3.17. The number of benzene rings is 2. The Kier molecular flexibility index (Phi) is 8.46. The summed E-state index contributed by atoms with van der Waals surface area (Å²) in [4.78, 5) is 57.4. The minimum atomic E-state index is -1.25. The number of hydrogen-bond donors (Lipinski definition) is 1. The van der Waals surface area contributed by atoms with E-state index in [2.05, 4.69) is 5.32 Å². The zero-order valence-corrected chi connectivity index (χ0v) is 23.8. The third-order valence-corrected chi connectivity index (χ3v) is 7.49. The zero-order valence-electron chi connectivity index (χ0n) is 23.8. The van der Waals surface area contributed by atoms with E-state index < -0.39 is 35.9 Å². The molecule has 1 fully saturated rings. The average Bonchev–Trinajstić information content (AvgIpc) is 3.32. The third kappa shape index (κ3) is 5.80. The van der Waals surface area contributed by atoms with Gasteiger partial charge < -0.3 is 24.8 Å². The molecule has 1 saturated heterocycles. The van der Waals surface area contributed by atoms with Crippen LogP contribution in [0.15, 0.2) is 42.5 Å². The number of piperazine rings is 1. The standard InChI is InChI=1S/C30H37FN4O5/c1-17(2)13-23-27(36)32-25(21-14-18-9-7-8-10-19(18)15-21)28(37)35(23)26(29(38)33(3)4)20-11-12-24(22(31)16-20)40-30(39)34(5)6/h7-12,16-17,21,23,25-26H,13-15H2,1-6H3,(H,32,36)/t23-,25-,26-/m1/s1. The fourth-order valence-corrected chi connectivity index (χ4v) is 5.50. The first-order valence-corrected chi connectivity index (χ1v) is 13.5. The van der Waals surface area contributed by atoms with Gasteiger partial charge in [0.05, 0.1) is 0 Å². The Morgan fingerprint density at radius 2 is 1.65 bits per heavy atom. The van der Waals surface area contributed by atoms with Crippen LogP contribution >= 0.6 is 0 Å². The van der Waals surface area contributed by atoms with Gasteiger partial charge in [-0.1, -0.05) is 44.2 Å². The van der Waals surface area contributed by atoms with Gasteiger partial charge in [0, 0.05) is 28.2 Å². The van der Waals surface area contributed by atoms with Gasteiger partial charge >= 0.3 is 6.09 Å². The first-order chi connectivity index (χ1) is 18.9. The van der Waals surface area contributed by atoms with Crippen LogP contribution in [0.25, 0.3) is 0 Å². The van der Waals surface area contributed by atoms with Gasteiger partial charge in [0.15, 0.2) is 11.6 Å². The Hall–Kier alpha value is -3.95. The van der Waals surface area contributed by atoms with Crippen molar-refractivity contribution in [1.29, 1.82) is 0 Å². The average molecular weight is 553 g/mol. The quantitative estimate of drug-likeness (QED) is 0.569. The number of nitrogens with zero attached hydrogens (tertiary/aromatic N) is 3. The van der Waals surface area contributed by atoms with Crippen molar-refractivity contribution < 1.29 is 28.3 Å². The molecule has 40 heavy (non-hydrogen) atoms. The van der Waals surface area contributed by atoms with E-state index in [1.54, 1.807) is 14.1 Å². The van der Waals surface area contributed by atoms with Gasteiger partial charge in [-0.3, -0.25) is 14.4 Å². The summed E-state index contributed by atoms with van der Waals surface area (Å²) in [5.41, 5.74) is 2.46. The Morgan fingerprint density at radius 3 is 2.17 bits per heavy atom. The molecule has 2 aliphatic rings. The molecule has 10 heteroatoms. The second kappa shape index (κ2) is 11.7. The molecular formula is C30H37FN4O5. The van der Waals surface area contributed by atoms with Crippen molar-refractivity contribution >= 4 is 23.8 Å². The Bertz CT molecular complexity index is 1290. The van der Waals surface area contributed by atoms with E-state index in [4.69, 9.17) is 4.74 Å². The van der Waals surface area contributed by atoms with Crippen LogP contribution in [-0.4, -0.2) is 78.8 Å². The molecule has 214 valence electrons. The largest absolute Gasteiger partial charge is 0.414 e.